The van der Waals surface area contributed by atoms with E-state index in [4.69, 9.17) is 0 Å². The predicted octanol–water partition coefficient (Wildman–Crippen LogP) is 1.62. The number of β-amino-alcohol motifs (C(OH)–C–C–N with tert-alkyl or cyclic N) is 1. The minimum absolute atomic E-state index is 0.109. The Bertz CT molecular complexity index is 617. The molecule has 1 fully saturated rings. The van der Waals surface area contributed by atoms with Gasteiger partial charge in [-0.25, -0.2) is 4.98 Å². The van der Waals surface area contributed by atoms with Gasteiger partial charge in [0.25, 0.3) is 0 Å². The molecule has 0 aliphatic carbocycles. The number of hydrogen-bond donors (Lipinski definition) is 2. The number of hydrogen-bond acceptors (Lipinski definition) is 4. The summed E-state index contributed by atoms with van der Waals surface area (Å²) in [4.78, 5) is 6.76. The zero-order chi connectivity index (χ0) is 15.5. The van der Waals surface area contributed by atoms with Gasteiger partial charge in [0.1, 0.15) is 12.4 Å². The summed E-state index contributed by atoms with van der Waals surface area (Å²) < 4.78 is 1.94. The highest BCUT2D eigenvalue weighted by Gasteiger charge is 2.20. The van der Waals surface area contributed by atoms with Crippen LogP contribution in [0.5, 0.6) is 0 Å². The van der Waals surface area contributed by atoms with E-state index >= 15 is 0 Å². The maximum Gasteiger partial charge on any atom is 0.135 e. The van der Waals surface area contributed by atoms with Crippen LogP contribution in [-0.2, 0) is 13.2 Å². The Morgan fingerprint density at radius 3 is 2.68 bits per heavy atom. The minimum atomic E-state index is -0.448. The van der Waals surface area contributed by atoms with Crippen LogP contribution < -0.4 is 0 Å². The topological polar surface area (TPSA) is 61.5 Å². The molecular formula is C17H25N3O2. The lowest BCUT2D eigenvalue weighted by atomic mass is 9.99. The van der Waals surface area contributed by atoms with Crippen molar-refractivity contribution >= 4 is 11.0 Å². The lowest BCUT2D eigenvalue weighted by Gasteiger charge is -2.31. The minimum Gasteiger partial charge on any atom is -0.390 e. The predicted molar refractivity (Wildman–Crippen MR) is 86.5 cm³/mol. The lowest BCUT2D eigenvalue weighted by Crippen LogP contribution is -2.39. The largest absolute Gasteiger partial charge is 0.390 e. The molecule has 0 bridgehead atoms. The molecule has 1 saturated heterocycles. The fraction of sp³-hybridized carbons (Fsp3) is 0.588. The van der Waals surface area contributed by atoms with Crippen LogP contribution in [0.2, 0.25) is 0 Å². The van der Waals surface area contributed by atoms with E-state index < -0.39 is 6.10 Å². The van der Waals surface area contributed by atoms with Crippen LogP contribution in [0.25, 0.3) is 11.0 Å². The average Bonchev–Trinajstić information content (AvgIpc) is 2.87. The van der Waals surface area contributed by atoms with Gasteiger partial charge in [-0.05, 0) is 44.0 Å². The number of aromatic nitrogens is 2. The number of nitrogens with zero attached hydrogens (tertiary/aromatic N) is 3. The first-order chi connectivity index (χ1) is 10.7. The monoisotopic (exact) mass is 303 g/mol. The van der Waals surface area contributed by atoms with Crippen molar-refractivity contribution in [2.75, 3.05) is 19.6 Å². The van der Waals surface area contributed by atoms with Gasteiger partial charge in [0.05, 0.1) is 23.7 Å². The Labute approximate surface area is 131 Å². The molecule has 1 atom stereocenters. The SMILES string of the molecule is CC1CCN(CC(O)Cn2c(CO)nc3ccccc32)CC1. The second kappa shape index (κ2) is 6.77. The van der Waals surface area contributed by atoms with Crippen LogP contribution in [0, 0.1) is 5.92 Å². The fourth-order valence-electron chi connectivity index (χ4n) is 3.26. The standard InChI is InChI=1S/C17H25N3O2/c1-13-6-8-19(9-7-13)10-14(22)11-20-16-5-3-2-4-15(16)18-17(20)12-21/h2-5,13-14,21-22H,6-12H2,1H3. The van der Waals surface area contributed by atoms with Gasteiger partial charge in [-0.3, -0.25) is 0 Å². The summed E-state index contributed by atoms with van der Waals surface area (Å²) in [7, 11) is 0. The van der Waals surface area contributed by atoms with E-state index in [0.29, 0.717) is 18.9 Å². The van der Waals surface area contributed by atoms with Crippen molar-refractivity contribution in [1.82, 2.24) is 14.5 Å². The van der Waals surface area contributed by atoms with Crippen molar-refractivity contribution in [3.63, 3.8) is 0 Å². The Morgan fingerprint density at radius 1 is 1.23 bits per heavy atom. The first-order valence-electron chi connectivity index (χ1n) is 8.13. The van der Waals surface area contributed by atoms with Gasteiger partial charge in [-0.2, -0.15) is 0 Å². The number of aliphatic hydroxyl groups excluding tert-OH is 2. The quantitative estimate of drug-likeness (QED) is 0.881. The van der Waals surface area contributed by atoms with Crippen molar-refractivity contribution in [1.29, 1.82) is 0 Å². The Kier molecular flexibility index (Phi) is 4.76. The van der Waals surface area contributed by atoms with E-state index in [0.717, 1.165) is 30.0 Å². The van der Waals surface area contributed by atoms with Crippen molar-refractivity contribution in [2.24, 2.45) is 5.92 Å². The van der Waals surface area contributed by atoms with Crippen LogP contribution in [-0.4, -0.2) is 50.4 Å². The summed E-state index contributed by atoms with van der Waals surface area (Å²) in [5.74, 6) is 1.42. The second-order valence-corrected chi connectivity index (χ2v) is 6.42. The molecule has 22 heavy (non-hydrogen) atoms. The van der Waals surface area contributed by atoms with Gasteiger partial charge in [0, 0.05) is 6.54 Å². The molecule has 5 nitrogen and oxygen atoms in total. The highest BCUT2D eigenvalue weighted by molar-refractivity contribution is 5.75. The van der Waals surface area contributed by atoms with E-state index in [1.807, 2.05) is 28.8 Å². The third-order valence-electron chi connectivity index (χ3n) is 4.61. The van der Waals surface area contributed by atoms with Crippen molar-refractivity contribution in [3.8, 4) is 0 Å². The summed E-state index contributed by atoms with van der Waals surface area (Å²) >= 11 is 0. The van der Waals surface area contributed by atoms with E-state index in [2.05, 4.69) is 16.8 Å². The van der Waals surface area contributed by atoms with Gasteiger partial charge in [-0.15, -0.1) is 0 Å². The summed E-state index contributed by atoms with van der Waals surface area (Å²) in [5, 5.41) is 20.0. The van der Waals surface area contributed by atoms with Crippen LogP contribution >= 0.6 is 0 Å². The van der Waals surface area contributed by atoms with E-state index in [1.54, 1.807) is 0 Å². The highest BCUT2D eigenvalue weighted by Crippen LogP contribution is 2.19. The first-order valence-corrected chi connectivity index (χ1v) is 8.13. The first kappa shape index (κ1) is 15.5. The van der Waals surface area contributed by atoms with Crippen molar-refractivity contribution in [2.45, 2.75) is 39.0 Å². The van der Waals surface area contributed by atoms with Gasteiger partial charge in [-0.1, -0.05) is 19.1 Å². The van der Waals surface area contributed by atoms with Crippen LogP contribution in [0.15, 0.2) is 24.3 Å². The van der Waals surface area contributed by atoms with Gasteiger partial charge in [0.2, 0.25) is 0 Å². The molecule has 0 radical (unpaired) electrons. The van der Waals surface area contributed by atoms with Gasteiger partial charge in [0.15, 0.2) is 0 Å². The molecule has 2 aromatic rings. The number of imidazole rings is 1. The van der Waals surface area contributed by atoms with Crippen LogP contribution in [0.4, 0.5) is 0 Å². The molecule has 0 saturated carbocycles. The average molecular weight is 303 g/mol. The molecule has 2 N–H and O–H groups in total. The molecule has 1 unspecified atom stereocenters. The third kappa shape index (κ3) is 3.32. The molecule has 2 heterocycles. The maximum atomic E-state index is 10.4. The van der Waals surface area contributed by atoms with Gasteiger partial charge >= 0.3 is 0 Å². The normalized spacial score (nSPS) is 18.9. The molecule has 1 aromatic carbocycles. The number of para-hydroxylation sites is 2. The summed E-state index contributed by atoms with van der Waals surface area (Å²) in [6.45, 7) is 5.47. The molecule has 1 aliphatic heterocycles. The maximum absolute atomic E-state index is 10.4. The van der Waals surface area contributed by atoms with Gasteiger partial charge < -0.3 is 19.7 Å². The van der Waals surface area contributed by atoms with E-state index in [9.17, 15) is 10.2 Å². The number of likely N-dealkylation sites (tertiary alicyclic amines) is 1. The third-order valence-corrected chi connectivity index (χ3v) is 4.61. The molecule has 1 aliphatic rings. The van der Waals surface area contributed by atoms with Crippen LogP contribution in [0.3, 0.4) is 0 Å². The van der Waals surface area contributed by atoms with Crippen molar-refractivity contribution < 1.29 is 10.2 Å². The molecular weight excluding hydrogens is 278 g/mol. The number of aliphatic hydroxyl groups is 2. The second-order valence-electron chi connectivity index (χ2n) is 6.42. The molecule has 3 rings (SSSR count). The summed E-state index contributed by atoms with van der Waals surface area (Å²) in [5.41, 5.74) is 1.84. The Morgan fingerprint density at radius 2 is 1.95 bits per heavy atom. The lowest BCUT2D eigenvalue weighted by molar-refractivity contribution is 0.0794. The summed E-state index contributed by atoms with van der Waals surface area (Å²) in [6.07, 6.45) is 1.97. The highest BCUT2D eigenvalue weighted by atomic mass is 16.3. The Balaban J connectivity index is 1.69. The molecule has 0 spiro atoms. The number of fused-ring (bicyclic) bond motifs is 1. The number of benzene rings is 1. The summed E-state index contributed by atoms with van der Waals surface area (Å²) in [6, 6.07) is 7.81. The fourth-order valence-corrected chi connectivity index (χ4v) is 3.26. The van der Waals surface area contributed by atoms with Crippen molar-refractivity contribution in [3.05, 3.63) is 30.1 Å². The van der Waals surface area contributed by atoms with Crippen LogP contribution in [0.1, 0.15) is 25.6 Å². The number of rotatable bonds is 5. The molecule has 1 aromatic heterocycles. The smallest absolute Gasteiger partial charge is 0.135 e. The van der Waals surface area contributed by atoms with E-state index in [-0.39, 0.29) is 6.61 Å². The number of piperidine rings is 1. The molecule has 0 amide bonds. The van der Waals surface area contributed by atoms with E-state index in [1.165, 1.54) is 12.8 Å². The molecule has 5 heteroatoms. The molecule has 120 valence electrons. The zero-order valence-corrected chi connectivity index (χ0v) is 13.1. The Hall–Kier alpha value is -1.43. The zero-order valence-electron chi connectivity index (χ0n) is 13.1.